The predicted molar refractivity (Wildman–Crippen MR) is 70.1 cm³/mol. The van der Waals surface area contributed by atoms with E-state index in [4.69, 9.17) is 4.74 Å². The minimum Gasteiger partial charge on any atom is -0.433 e. The highest BCUT2D eigenvalue weighted by Gasteiger charge is 2.16. The van der Waals surface area contributed by atoms with Gasteiger partial charge in [0.2, 0.25) is 0 Å². The average Bonchev–Trinajstić information content (AvgIpc) is 2.32. The molecular weight excluding hydrogens is 335 g/mol. The molecule has 0 spiro atoms. The Kier molecular flexibility index (Phi) is 3.52. The van der Waals surface area contributed by atoms with Crippen LogP contribution in [0.15, 0.2) is 42.6 Å². The highest BCUT2D eigenvalue weighted by atomic mass is 127. The van der Waals surface area contributed by atoms with E-state index in [1.54, 1.807) is 12.1 Å². The number of para-hydroxylation sites is 1. The van der Waals surface area contributed by atoms with E-state index in [-0.39, 0.29) is 11.6 Å². The van der Waals surface area contributed by atoms with Crippen LogP contribution in [-0.2, 0) is 0 Å². The average molecular weight is 342 g/mol. The van der Waals surface area contributed by atoms with Gasteiger partial charge in [-0.1, -0.05) is 12.1 Å². The van der Waals surface area contributed by atoms with Crippen molar-refractivity contribution < 1.29 is 9.66 Å². The number of rotatable bonds is 3. The summed E-state index contributed by atoms with van der Waals surface area (Å²) in [7, 11) is 0. The summed E-state index contributed by atoms with van der Waals surface area (Å²) in [5.74, 6) is 0.552. The molecule has 2 rings (SSSR count). The van der Waals surface area contributed by atoms with Gasteiger partial charge in [0.25, 0.3) is 5.88 Å². The summed E-state index contributed by atoms with van der Waals surface area (Å²) in [5.41, 5.74) is -0.146. The third-order valence-corrected chi connectivity index (χ3v) is 2.88. The van der Waals surface area contributed by atoms with Crippen LogP contribution in [0.2, 0.25) is 0 Å². The van der Waals surface area contributed by atoms with Gasteiger partial charge in [0.1, 0.15) is 5.75 Å². The lowest BCUT2D eigenvalue weighted by Gasteiger charge is -2.06. The smallest absolute Gasteiger partial charge is 0.331 e. The van der Waals surface area contributed by atoms with Crippen molar-refractivity contribution in [2.24, 2.45) is 0 Å². The van der Waals surface area contributed by atoms with E-state index in [9.17, 15) is 10.1 Å². The van der Waals surface area contributed by atoms with Gasteiger partial charge in [-0.15, -0.1) is 0 Å². The zero-order chi connectivity index (χ0) is 12.3. The maximum atomic E-state index is 10.8. The fourth-order valence-electron chi connectivity index (χ4n) is 1.23. The molecule has 0 fully saturated rings. The number of benzene rings is 1. The Balaban J connectivity index is 2.37. The molecule has 2 aromatic rings. The molecule has 0 amide bonds. The summed E-state index contributed by atoms with van der Waals surface area (Å²) >= 11 is 2.09. The number of halogens is 1. The molecular formula is C11H7IN2O3. The monoisotopic (exact) mass is 342 g/mol. The van der Waals surface area contributed by atoms with Gasteiger partial charge in [0.15, 0.2) is 0 Å². The Morgan fingerprint density at radius 3 is 2.71 bits per heavy atom. The molecule has 0 aliphatic rings. The Hall–Kier alpha value is -1.70. The second-order valence-corrected chi connectivity index (χ2v) is 4.28. The number of aromatic nitrogens is 1. The summed E-state index contributed by atoms with van der Waals surface area (Å²) < 4.78 is 6.31. The number of nitro groups is 1. The van der Waals surface area contributed by atoms with Gasteiger partial charge in [0, 0.05) is 12.3 Å². The molecule has 86 valence electrons. The van der Waals surface area contributed by atoms with Gasteiger partial charge in [-0.3, -0.25) is 10.1 Å². The maximum Gasteiger partial charge on any atom is 0.331 e. The molecule has 1 heterocycles. The van der Waals surface area contributed by atoms with Crippen molar-refractivity contribution in [1.82, 2.24) is 4.98 Å². The van der Waals surface area contributed by atoms with Gasteiger partial charge in [0.05, 0.1) is 8.49 Å². The van der Waals surface area contributed by atoms with Crippen LogP contribution in [-0.4, -0.2) is 9.91 Å². The molecule has 0 radical (unpaired) electrons. The van der Waals surface area contributed by atoms with Gasteiger partial charge in [-0.25, -0.2) is 4.98 Å². The quantitative estimate of drug-likeness (QED) is 0.487. The largest absolute Gasteiger partial charge is 0.433 e. The molecule has 0 unspecified atom stereocenters. The van der Waals surface area contributed by atoms with Crippen LogP contribution in [0.3, 0.4) is 0 Å². The van der Waals surface area contributed by atoms with Crippen molar-refractivity contribution >= 4 is 28.3 Å². The lowest BCUT2D eigenvalue weighted by molar-refractivity contribution is -0.386. The van der Waals surface area contributed by atoms with Crippen molar-refractivity contribution in [3.63, 3.8) is 0 Å². The van der Waals surface area contributed by atoms with Crippen LogP contribution >= 0.6 is 22.6 Å². The first-order chi connectivity index (χ1) is 8.18. The molecule has 0 N–H and O–H groups in total. The lowest BCUT2D eigenvalue weighted by Crippen LogP contribution is -1.96. The van der Waals surface area contributed by atoms with Gasteiger partial charge < -0.3 is 4.74 Å². The van der Waals surface area contributed by atoms with Crippen molar-refractivity contribution in [2.45, 2.75) is 0 Å². The standard InChI is InChI=1S/C11H7IN2O3/c12-8-4-1-2-6-10(8)17-11-9(14(15)16)5-3-7-13-11/h1-7H. The molecule has 0 saturated carbocycles. The third kappa shape index (κ3) is 2.70. The van der Waals surface area contributed by atoms with Crippen LogP contribution in [0, 0.1) is 13.7 Å². The molecule has 1 aromatic heterocycles. The van der Waals surface area contributed by atoms with Crippen LogP contribution < -0.4 is 4.74 Å². The Morgan fingerprint density at radius 2 is 2.00 bits per heavy atom. The van der Waals surface area contributed by atoms with E-state index in [1.165, 1.54) is 18.3 Å². The molecule has 0 bridgehead atoms. The van der Waals surface area contributed by atoms with E-state index in [0.717, 1.165) is 3.57 Å². The van der Waals surface area contributed by atoms with E-state index in [0.29, 0.717) is 5.75 Å². The number of ether oxygens (including phenoxy) is 1. The van der Waals surface area contributed by atoms with E-state index in [1.807, 2.05) is 12.1 Å². The molecule has 0 aliphatic carbocycles. The van der Waals surface area contributed by atoms with Gasteiger partial charge in [-0.2, -0.15) is 0 Å². The van der Waals surface area contributed by atoms with E-state index < -0.39 is 4.92 Å². The summed E-state index contributed by atoms with van der Waals surface area (Å²) in [6.07, 6.45) is 1.46. The number of hydrogen-bond donors (Lipinski definition) is 0. The third-order valence-electron chi connectivity index (χ3n) is 1.99. The Labute approximate surface area is 111 Å². The SMILES string of the molecule is O=[N+]([O-])c1cccnc1Oc1ccccc1I. The number of hydrogen-bond acceptors (Lipinski definition) is 4. The summed E-state index contributed by atoms with van der Waals surface area (Å²) in [6, 6.07) is 10.1. The highest BCUT2D eigenvalue weighted by Crippen LogP contribution is 2.30. The molecule has 6 heteroatoms. The molecule has 1 aromatic carbocycles. The lowest BCUT2D eigenvalue weighted by atomic mass is 10.3. The second-order valence-electron chi connectivity index (χ2n) is 3.12. The fourth-order valence-corrected chi connectivity index (χ4v) is 1.73. The van der Waals surface area contributed by atoms with Crippen LogP contribution in [0.5, 0.6) is 11.6 Å². The van der Waals surface area contributed by atoms with E-state index >= 15 is 0 Å². The molecule has 5 nitrogen and oxygen atoms in total. The topological polar surface area (TPSA) is 65.3 Å². The minimum atomic E-state index is -0.516. The van der Waals surface area contributed by atoms with Gasteiger partial charge in [-0.05, 0) is 40.8 Å². The molecule has 0 saturated heterocycles. The first kappa shape index (κ1) is 11.8. The first-order valence-electron chi connectivity index (χ1n) is 4.70. The van der Waals surface area contributed by atoms with Crippen LogP contribution in [0.1, 0.15) is 0 Å². The Bertz CT molecular complexity index is 560. The molecule has 0 atom stereocenters. The van der Waals surface area contributed by atoms with Gasteiger partial charge >= 0.3 is 5.69 Å². The molecule has 17 heavy (non-hydrogen) atoms. The van der Waals surface area contributed by atoms with Crippen molar-refractivity contribution in [2.75, 3.05) is 0 Å². The zero-order valence-corrected chi connectivity index (χ0v) is 10.7. The fraction of sp³-hybridized carbons (Fsp3) is 0. The van der Waals surface area contributed by atoms with E-state index in [2.05, 4.69) is 27.6 Å². The Morgan fingerprint density at radius 1 is 1.24 bits per heavy atom. The van der Waals surface area contributed by atoms with Crippen molar-refractivity contribution in [1.29, 1.82) is 0 Å². The maximum absolute atomic E-state index is 10.8. The summed E-state index contributed by atoms with van der Waals surface area (Å²) in [4.78, 5) is 14.1. The van der Waals surface area contributed by atoms with Crippen LogP contribution in [0.4, 0.5) is 5.69 Å². The summed E-state index contributed by atoms with van der Waals surface area (Å²) in [6.45, 7) is 0. The highest BCUT2D eigenvalue weighted by molar-refractivity contribution is 14.1. The number of nitrogens with zero attached hydrogens (tertiary/aromatic N) is 2. The van der Waals surface area contributed by atoms with Crippen LogP contribution in [0.25, 0.3) is 0 Å². The molecule has 0 aliphatic heterocycles. The zero-order valence-electron chi connectivity index (χ0n) is 8.54. The van der Waals surface area contributed by atoms with Crippen molar-refractivity contribution in [3.8, 4) is 11.6 Å². The second kappa shape index (κ2) is 5.09. The van der Waals surface area contributed by atoms with Crippen molar-refractivity contribution in [3.05, 3.63) is 56.3 Å². The summed E-state index contributed by atoms with van der Waals surface area (Å²) in [5, 5.41) is 10.8. The normalized spacial score (nSPS) is 9.94. The first-order valence-corrected chi connectivity index (χ1v) is 5.78. The minimum absolute atomic E-state index is 0.00150. The number of pyridine rings is 1. The predicted octanol–water partition coefficient (Wildman–Crippen LogP) is 3.39.